The van der Waals surface area contributed by atoms with Gasteiger partial charge >= 0.3 is 0 Å². The van der Waals surface area contributed by atoms with Crippen LogP contribution in [0.2, 0.25) is 0 Å². The maximum Gasteiger partial charge on any atom is 0.106 e. The summed E-state index contributed by atoms with van der Waals surface area (Å²) in [5.41, 5.74) is 11.7. The molecule has 1 aromatic carbocycles. The van der Waals surface area contributed by atoms with E-state index in [9.17, 15) is 0 Å². The van der Waals surface area contributed by atoms with Gasteiger partial charge in [0, 0.05) is 18.3 Å². The molecule has 2 aromatic rings. The number of hydrogen-bond donors (Lipinski definition) is 1. The molecule has 1 heterocycles. The molecule has 0 radical (unpaired) electrons. The van der Waals surface area contributed by atoms with Gasteiger partial charge in [-0.25, -0.2) is 4.98 Å². The lowest BCUT2D eigenvalue weighted by atomic mass is 10.0. The third-order valence-electron chi connectivity index (χ3n) is 4.62. The molecule has 3 heteroatoms. The first kappa shape index (κ1) is 14.3. The van der Waals surface area contributed by atoms with Crippen molar-refractivity contribution >= 4 is 0 Å². The number of rotatable bonds is 4. The van der Waals surface area contributed by atoms with E-state index in [1.807, 2.05) is 0 Å². The summed E-state index contributed by atoms with van der Waals surface area (Å²) in [6.07, 6.45) is 5.90. The molecule has 2 N–H and O–H groups in total. The van der Waals surface area contributed by atoms with Crippen molar-refractivity contribution in [1.29, 1.82) is 0 Å². The molecule has 1 aliphatic carbocycles. The zero-order chi connectivity index (χ0) is 14.8. The quantitative estimate of drug-likeness (QED) is 0.935. The SMILES string of the molecule is CCc1ccc(C(N)Cn2c(C)nc3c2CCCC3)cc1. The molecule has 3 rings (SSSR count). The van der Waals surface area contributed by atoms with Crippen molar-refractivity contribution < 1.29 is 0 Å². The van der Waals surface area contributed by atoms with E-state index >= 15 is 0 Å². The number of aryl methyl sites for hydroxylation is 3. The summed E-state index contributed by atoms with van der Waals surface area (Å²) >= 11 is 0. The summed E-state index contributed by atoms with van der Waals surface area (Å²) in [5, 5.41) is 0. The molecule has 0 bridgehead atoms. The van der Waals surface area contributed by atoms with Gasteiger partial charge in [0.25, 0.3) is 0 Å². The molecule has 0 saturated heterocycles. The summed E-state index contributed by atoms with van der Waals surface area (Å²) in [6.45, 7) is 5.11. The molecule has 1 aromatic heterocycles. The molecule has 21 heavy (non-hydrogen) atoms. The van der Waals surface area contributed by atoms with E-state index in [-0.39, 0.29) is 6.04 Å². The van der Waals surface area contributed by atoms with Crippen LogP contribution in [-0.2, 0) is 25.8 Å². The maximum atomic E-state index is 6.43. The van der Waals surface area contributed by atoms with Crippen LogP contribution in [0, 0.1) is 6.92 Å². The summed E-state index contributed by atoms with van der Waals surface area (Å²) in [5.74, 6) is 1.11. The molecule has 1 unspecified atom stereocenters. The Labute approximate surface area is 127 Å². The van der Waals surface area contributed by atoms with Gasteiger partial charge in [0.2, 0.25) is 0 Å². The van der Waals surface area contributed by atoms with Gasteiger partial charge in [0.1, 0.15) is 5.82 Å². The molecule has 112 valence electrons. The molecule has 0 amide bonds. The first-order valence-electron chi connectivity index (χ1n) is 8.08. The molecule has 1 atom stereocenters. The van der Waals surface area contributed by atoms with Crippen LogP contribution in [0.15, 0.2) is 24.3 Å². The lowest BCUT2D eigenvalue weighted by Crippen LogP contribution is -2.20. The largest absolute Gasteiger partial charge is 0.330 e. The van der Waals surface area contributed by atoms with Crippen LogP contribution in [-0.4, -0.2) is 9.55 Å². The summed E-state index contributed by atoms with van der Waals surface area (Å²) in [4.78, 5) is 4.73. The van der Waals surface area contributed by atoms with E-state index in [1.165, 1.54) is 35.4 Å². The Bertz CT molecular complexity index is 610. The minimum absolute atomic E-state index is 0.0369. The minimum atomic E-state index is 0.0369. The molecule has 0 spiro atoms. The Morgan fingerprint density at radius 3 is 2.62 bits per heavy atom. The predicted octanol–water partition coefficient (Wildman–Crippen LogP) is 3.33. The number of hydrogen-bond acceptors (Lipinski definition) is 2. The van der Waals surface area contributed by atoms with Crippen molar-refractivity contribution in [1.82, 2.24) is 9.55 Å². The van der Waals surface area contributed by atoms with Gasteiger partial charge in [-0.05, 0) is 50.2 Å². The van der Waals surface area contributed by atoms with Crippen molar-refractivity contribution in [3.05, 3.63) is 52.6 Å². The van der Waals surface area contributed by atoms with Gasteiger partial charge in [-0.15, -0.1) is 0 Å². The second-order valence-electron chi connectivity index (χ2n) is 6.07. The fourth-order valence-electron chi connectivity index (χ4n) is 3.28. The van der Waals surface area contributed by atoms with Crippen LogP contribution < -0.4 is 5.73 Å². The fraction of sp³-hybridized carbons (Fsp3) is 0.500. The summed E-state index contributed by atoms with van der Waals surface area (Å²) in [7, 11) is 0. The number of imidazole rings is 1. The number of aromatic nitrogens is 2. The molecular formula is C18H25N3. The van der Waals surface area contributed by atoms with E-state index in [0.717, 1.165) is 31.6 Å². The zero-order valence-corrected chi connectivity index (χ0v) is 13.1. The standard InChI is InChI=1S/C18H25N3/c1-3-14-8-10-15(11-9-14)16(19)12-21-13(2)20-17-6-4-5-7-18(17)21/h8-11,16H,3-7,12,19H2,1-2H3. The molecule has 1 aliphatic rings. The third-order valence-corrected chi connectivity index (χ3v) is 4.62. The van der Waals surface area contributed by atoms with Gasteiger partial charge in [0.05, 0.1) is 5.69 Å². The van der Waals surface area contributed by atoms with E-state index in [2.05, 4.69) is 42.7 Å². The van der Waals surface area contributed by atoms with E-state index < -0.39 is 0 Å². The van der Waals surface area contributed by atoms with Crippen molar-refractivity contribution in [3.8, 4) is 0 Å². The number of benzene rings is 1. The van der Waals surface area contributed by atoms with Crippen LogP contribution in [0.25, 0.3) is 0 Å². The normalized spacial score (nSPS) is 15.8. The lowest BCUT2D eigenvalue weighted by Gasteiger charge is -2.19. The number of nitrogens with zero attached hydrogens (tertiary/aromatic N) is 2. The predicted molar refractivity (Wildman–Crippen MR) is 86.4 cm³/mol. The molecule has 3 nitrogen and oxygen atoms in total. The van der Waals surface area contributed by atoms with Gasteiger partial charge in [-0.1, -0.05) is 31.2 Å². The van der Waals surface area contributed by atoms with E-state index in [0.29, 0.717) is 0 Å². The summed E-state index contributed by atoms with van der Waals surface area (Å²) in [6, 6.07) is 8.75. The smallest absolute Gasteiger partial charge is 0.106 e. The van der Waals surface area contributed by atoms with Crippen LogP contribution in [0.1, 0.15) is 54.1 Å². The first-order chi connectivity index (χ1) is 10.2. The van der Waals surface area contributed by atoms with Crippen molar-refractivity contribution in [2.75, 3.05) is 0 Å². The Morgan fingerprint density at radius 2 is 1.90 bits per heavy atom. The molecular weight excluding hydrogens is 258 g/mol. The monoisotopic (exact) mass is 283 g/mol. The van der Waals surface area contributed by atoms with Gasteiger partial charge in [-0.2, -0.15) is 0 Å². The van der Waals surface area contributed by atoms with Crippen molar-refractivity contribution in [3.63, 3.8) is 0 Å². The number of nitrogens with two attached hydrogens (primary N) is 1. The molecule has 0 saturated carbocycles. The average Bonchev–Trinajstić information content (AvgIpc) is 2.83. The van der Waals surface area contributed by atoms with E-state index in [1.54, 1.807) is 0 Å². The maximum absolute atomic E-state index is 6.43. The van der Waals surface area contributed by atoms with Crippen LogP contribution in [0.4, 0.5) is 0 Å². The highest BCUT2D eigenvalue weighted by Gasteiger charge is 2.19. The highest BCUT2D eigenvalue weighted by Crippen LogP contribution is 2.24. The first-order valence-corrected chi connectivity index (χ1v) is 8.08. The minimum Gasteiger partial charge on any atom is -0.330 e. The van der Waals surface area contributed by atoms with Gasteiger partial charge in [-0.3, -0.25) is 0 Å². The lowest BCUT2D eigenvalue weighted by molar-refractivity contribution is 0.532. The zero-order valence-electron chi connectivity index (χ0n) is 13.1. The van der Waals surface area contributed by atoms with Crippen molar-refractivity contribution in [2.24, 2.45) is 5.73 Å². The highest BCUT2D eigenvalue weighted by atomic mass is 15.1. The van der Waals surface area contributed by atoms with Crippen LogP contribution >= 0.6 is 0 Å². The summed E-state index contributed by atoms with van der Waals surface area (Å²) < 4.78 is 2.34. The van der Waals surface area contributed by atoms with Crippen LogP contribution in [0.5, 0.6) is 0 Å². The van der Waals surface area contributed by atoms with Crippen molar-refractivity contribution in [2.45, 2.75) is 58.5 Å². The molecule has 0 fully saturated rings. The third kappa shape index (κ3) is 2.88. The Kier molecular flexibility index (Phi) is 4.11. The second kappa shape index (κ2) is 6.02. The Morgan fingerprint density at radius 1 is 1.19 bits per heavy atom. The Balaban J connectivity index is 1.80. The van der Waals surface area contributed by atoms with Gasteiger partial charge in [0.15, 0.2) is 0 Å². The topological polar surface area (TPSA) is 43.8 Å². The van der Waals surface area contributed by atoms with Crippen LogP contribution in [0.3, 0.4) is 0 Å². The Hall–Kier alpha value is -1.61. The number of fused-ring (bicyclic) bond motifs is 1. The fourth-order valence-corrected chi connectivity index (χ4v) is 3.28. The second-order valence-corrected chi connectivity index (χ2v) is 6.07. The highest BCUT2D eigenvalue weighted by molar-refractivity contribution is 5.26. The van der Waals surface area contributed by atoms with E-state index in [4.69, 9.17) is 10.7 Å². The van der Waals surface area contributed by atoms with Gasteiger partial charge < -0.3 is 10.3 Å². The molecule has 0 aliphatic heterocycles. The average molecular weight is 283 g/mol.